The number of nitrogens with one attached hydrogen (secondary N) is 2. The zero-order valence-electron chi connectivity index (χ0n) is 13.1. The molecule has 8 heteroatoms. The van der Waals surface area contributed by atoms with E-state index in [2.05, 4.69) is 10.6 Å². The topological polar surface area (TPSA) is 84.2 Å². The summed E-state index contributed by atoms with van der Waals surface area (Å²) in [6, 6.07) is 7.16. The first-order valence-electron chi connectivity index (χ1n) is 7.17. The molecule has 5 nitrogen and oxygen atoms in total. The van der Waals surface area contributed by atoms with Crippen molar-refractivity contribution in [2.24, 2.45) is 5.73 Å². The summed E-state index contributed by atoms with van der Waals surface area (Å²) in [6.45, 7) is 2.82. The summed E-state index contributed by atoms with van der Waals surface area (Å²) < 4.78 is 13.1. The van der Waals surface area contributed by atoms with Crippen LogP contribution in [0.3, 0.4) is 0 Å². The van der Waals surface area contributed by atoms with Crippen molar-refractivity contribution in [2.45, 2.75) is 13.3 Å². The molecular weight excluding hydrogens is 353 g/mol. The van der Waals surface area contributed by atoms with E-state index in [0.29, 0.717) is 29.4 Å². The molecule has 130 valence electrons. The second-order valence-electron chi connectivity index (χ2n) is 4.99. The van der Waals surface area contributed by atoms with Gasteiger partial charge in [0.15, 0.2) is 0 Å². The Morgan fingerprint density at radius 1 is 1.25 bits per heavy atom. The number of amides is 2. The van der Waals surface area contributed by atoms with Crippen molar-refractivity contribution in [1.29, 1.82) is 0 Å². The van der Waals surface area contributed by atoms with Gasteiger partial charge in [-0.3, -0.25) is 9.59 Å². The van der Waals surface area contributed by atoms with Gasteiger partial charge in [-0.1, -0.05) is 6.07 Å². The molecule has 0 saturated carbocycles. The molecular formula is C16H19ClFN3O2S. The van der Waals surface area contributed by atoms with Crippen LogP contribution in [0.15, 0.2) is 30.3 Å². The fraction of sp³-hybridized carbons (Fsp3) is 0.250. The van der Waals surface area contributed by atoms with E-state index in [-0.39, 0.29) is 23.9 Å². The minimum Gasteiger partial charge on any atom is -0.351 e. The summed E-state index contributed by atoms with van der Waals surface area (Å²) in [4.78, 5) is 24.7. The molecule has 1 aromatic heterocycles. The standard InChI is InChI=1S/C16H18FN3O2S.ClH/c1-10-8-13(23-14(10)16(22)19-7-3-6-18)20-15(21)11-4-2-5-12(17)9-11;/h2,4-5,8-9H,3,6-7,18H2,1H3,(H,19,22)(H,20,21);1H. The van der Waals surface area contributed by atoms with Gasteiger partial charge >= 0.3 is 0 Å². The zero-order valence-corrected chi connectivity index (χ0v) is 14.7. The maximum Gasteiger partial charge on any atom is 0.261 e. The van der Waals surface area contributed by atoms with Gasteiger partial charge in [0.1, 0.15) is 5.82 Å². The molecule has 0 saturated heterocycles. The quantitative estimate of drug-likeness (QED) is 0.682. The van der Waals surface area contributed by atoms with Crippen LogP contribution in [-0.4, -0.2) is 24.9 Å². The normalized spacial score (nSPS) is 9.96. The van der Waals surface area contributed by atoms with Crippen molar-refractivity contribution in [3.63, 3.8) is 0 Å². The first-order valence-corrected chi connectivity index (χ1v) is 7.98. The van der Waals surface area contributed by atoms with Crippen LogP contribution in [-0.2, 0) is 0 Å². The smallest absolute Gasteiger partial charge is 0.261 e. The summed E-state index contributed by atoms with van der Waals surface area (Å²) in [5, 5.41) is 6.00. The van der Waals surface area contributed by atoms with Crippen LogP contribution in [0.5, 0.6) is 0 Å². The number of halogens is 2. The van der Waals surface area contributed by atoms with Crippen molar-refractivity contribution in [1.82, 2.24) is 5.32 Å². The predicted molar refractivity (Wildman–Crippen MR) is 96.7 cm³/mol. The van der Waals surface area contributed by atoms with E-state index in [1.54, 1.807) is 13.0 Å². The minimum atomic E-state index is -0.472. The number of anilines is 1. The average Bonchev–Trinajstić information content (AvgIpc) is 2.88. The Labute approximate surface area is 149 Å². The van der Waals surface area contributed by atoms with E-state index in [1.807, 2.05) is 0 Å². The maximum absolute atomic E-state index is 13.1. The number of rotatable bonds is 6. The van der Waals surface area contributed by atoms with E-state index in [1.165, 1.54) is 29.5 Å². The number of nitrogens with two attached hydrogens (primary N) is 1. The van der Waals surface area contributed by atoms with Crippen molar-refractivity contribution in [3.05, 3.63) is 52.2 Å². The Balaban J connectivity index is 0.00000288. The van der Waals surface area contributed by atoms with E-state index in [0.717, 1.165) is 11.6 Å². The third-order valence-corrected chi connectivity index (χ3v) is 4.27. The highest BCUT2D eigenvalue weighted by molar-refractivity contribution is 7.18. The maximum atomic E-state index is 13.1. The Morgan fingerprint density at radius 3 is 2.67 bits per heavy atom. The first-order chi connectivity index (χ1) is 11.0. The molecule has 0 aliphatic rings. The largest absolute Gasteiger partial charge is 0.351 e. The molecule has 0 radical (unpaired) electrons. The van der Waals surface area contributed by atoms with Gasteiger partial charge in [0, 0.05) is 12.1 Å². The zero-order chi connectivity index (χ0) is 16.8. The van der Waals surface area contributed by atoms with E-state index in [4.69, 9.17) is 5.73 Å². The molecule has 0 spiro atoms. The number of thiophene rings is 1. The molecule has 24 heavy (non-hydrogen) atoms. The van der Waals surface area contributed by atoms with E-state index in [9.17, 15) is 14.0 Å². The summed E-state index contributed by atoms with van der Waals surface area (Å²) in [7, 11) is 0. The molecule has 0 aliphatic heterocycles. The van der Waals surface area contributed by atoms with Crippen molar-refractivity contribution in [2.75, 3.05) is 18.4 Å². The van der Waals surface area contributed by atoms with Crippen LogP contribution >= 0.6 is 23.7 Å². The predicted octanol–water partition coefficient (Wildman–Crippen LogP) is 2.95. The molecule has 0 bridgehead atoms. The molecule has 0 fully saturated rings. The highest BCUT2D eigenvalue weighted by atomic mass is 35.5. The van der Waals surface area contributed by atoms with Crippen LogP contribution in [0.25, 0.3) is 0 Å². The fourth-order valence-corrected chi connectivity index (χ4v) is 2.95. The first kappa shape index (κ1) is 20.1. The van der Waals surface area contributed by atoms with Crippen LogP contribution in [0, 0.1) is 12.7 Å². The van der Waals surface area contributed by atoms with Crippen molar-refractivity contribution < 1.29 is 14.0 Å². The summed E-state index contributed by atoms with van der Waals surface area (Å²) in [6.07, 6.45) is 0.708. The second-order valence-corrected chi connectivity index (χ2v) is 6.04. The molecule has 4 N–H and O–H groups in total. The SMILES string of the molecule is Cc1cc(NC(=O)c2cccc(F)c2)sc1C(=O)NCCCN.Cl. The van der Waals surface area contributed by atoms with E-state index < -0.39 is 11.7 Å². The molecule has 2 rings (SSSR count). The minimum absolute atomic E-state index is 0. The van der Waals surface area contributed by atoms with Crippen molar-refractivity contribution >= 4 is 40.6 Å². The van der Waals surface area contributed by atoms with Gasteiger partial charge in [-0.15, -0.1) is 23.7 Å². The highest BCUT2D eigenvalue weighted by Crippen LogP contribution is 2.27. The highest BCUT2D eigenvalue weighted by Gasteiger charge is 2.15. The summed E-state index contributed by atoms with van der Waals surface area (Å²) in [5.41, 5.74) is 6.39. The lowest BCUT2D eigenvalue weighted by molar-refractivity contribution is 0.0956. The number of carbonyl (C=O) groups is 2. The van der Waals surface area contributed by atoms with Gasteiger partial charge in [-0.25, -0.2) is 4.39 Å². The molecule has 0 aliphatic carbocycles. The lowest BCUT2D eigenvalue weighted by atomic mass is 10.2. The van der Waals surface area contributed by atoms with Crippen molar-refractivity contribution in [3.8, 4) is 0 Å². The van der Waals surface area contributed by atoms with Gasteiger partial charge in [0.05, 0.1) is 9.88 Å². The summed E-state index contributed by atoms with van der Waals surface area (Å²) in [5.74, 6) is -1.08. The fourth-order valence-electron chi connectivity index (χ4n) is 1.97. The molecule has 0 unspecified atom stereocenters. The molecule has 0 atom stereocenters. The van der Waals surface area contributed by atoms with Crippen LogP contribution in [0.4, 0.5) is 9.39 Å². The number of hydrogen-bond donors (Lipinski definition) is 3. The van der Waals surface area contributed by atoms with Gasteiger partial charge < -0.3 is 16.4 Å². The number of benzene rings is 1. The summed E-state index contributed by atoms with van der Waals surface area (Å²) >= 11 is 1.18. The third kappa shape index (κ3) is 5.30. The lowest BCUT2D eigenvalue weighted by Crippen LogP contribution is -2.25. The Bertz CT molecular complexity index is 721. The Kier molecular flexibility index (Phi) is 7.84. The van der Waals surface area contributed by atoms with Crippen LogP contribution in [0.2, 0.25) is 0 Å². The molecule has 2 aromatic rings. The number of hydrogen-bond acceptors (Lipinski definition) is 4. The average molecular weight is 372 g/mol. The number of aryl methyl sites for hydroxylation is 1. The monoisotopic (exact) mass is 371 g/mol. The second kappa shape index (κ2) is 9.36. The van der Waals surface area contributed by atoms with Gasteiger partial charge in [-0.05, 0) is 49.7 Å². The molecule has 2 amide bonds. The van der Waals surface area contributed by atoms with E-state index >= 15 is 0 Å². The van der Waals surface area contributed by atoms with Gasteiger partial charge in [0.25, 0.3) is 11.8 Å². The molecule has 1 aromatic carbocycles. The number of carbonyl (C=O) groups excluding carboxylic acids is 2. The lowest BCUT2D eigenvalue weighted by Gasteiger charge is -2.03. The van der Waals surface area contributed by atoms with Crippen LogP contribution < -0.4 is 16.4 Å². The van der Waals surface area contributed by atoms with Gasteiger partial charge in [-0.2, -0.15) is 0 Å². The van der Waals surface area contributed by atoms with Gasteiger partial charge in [0.2, 0.25) is 0 Å². The molecule has 1 heterocycles. The Morgan fingerprint density at radius 2 is 2.00 bits per heavy atom. The van der Waals surface area contributed by atoms with Crippen LogP contribution in [0.1, 0.15) is 32.0 Å². The third-order valence-electron chi connectivity index (χ3n) is 3.11. The Hall–Kier alpha value is -1.96.